The predicted molar refractivity (Wildman–Crippen MR) is 113 cm³/mol. The summed E-state index contributed by atoms with van der Waals surface area (Å²) in [6, 6.07) is 0. The first-order chi connectivity index (χ1) is 16.0. The molecule has 0 saturated heterocycles. The molecule has 12 heteroatoms. The van der Waals surface area contributed by atoms with Crippen LogP contribution in [0.4, 0.5) is 8.78 Å². The van der Waals surface area contributed by atoms with Crippen LogP contribution in [0.5, 0.6) is 0 Å². The lowest BCUT2D eigenvalue weighted by Gasteiger charge is -2.63. The molecule has 4 unspecified atom stereocenters. The molecule has 34 heavy (non-hydrogen) atoms. The minimum Gasteiger partial charge on any atom is -0.457 e. The normalized spacial score (nSPS) is 36.3. The van der Waals surface area contributed by atoms with Crippen molar-refractivity contribution in [2.24, 2.45) is 5.92 Å². The Hall–Kier alpha value is -1.05. The summed E-state index contributed by atoms with van der Waals surface area (Å²) in [5.74, 6) is -2.46. The van der Waals surface area contributed by atoms with E-state index < -0.39 is 51.6 Å². The van der Waals surface area contributed by atoms with E-state index in [4.69, 9.17) is 19.5 Å². The Morgan fingerprint density at radius 1 is 1.03 bits per heavy atom. The number of hydrogen-bond donors (Lipinski definition) is 2. The summed E-state index contributed by atoms with van der Waals surface area (Å²) in [4.78, 5) is 24.9. The number of hydrogen-bond acceptors (Lipinski definition) is 10. The van der Waals surface area contributed by atoms with E-state index in [0.29, 0.717) is 19.3 Å². The van der Waals surface area contributed by atoms with Crippen molar-refractivity contribution in [2.75, 3.05) is 6.61 Å². The van der Waals surface area contributed by atoms with Gasteiger partial charge >= 0.3 is 17.2 Å². The highest BCUT2D eigenvalue weighted by Crippen LogP contribution is 2.62. The Balaban J connectivity index is 1.43. The Kier molecular flexibility index (Phi) is 7.22. The van der Waals surface area contributed by atoms with E-state index in [9.17, 15) is 23.5 Å². The van der Waals surface area contributed by atoms with E-state index in [0.717, 1.165) is 38.5 Å². The third-order valence-corrected chi connectivity index (χ3v) is 8.39. The second kappa shape index (κ2) is 9.44. The third-order valence-electron chi connectivity index (χ3n) is 7.89. The molecular formula is C22H32F2O9S. The lowest BCUT2D eigenvalue weighted by molar-refractivity contribution is -0.433. The van der Waals surface area contributed by atoms with E-state index in [1.54, 1.807) is 0 Å². The summed E-state index contributed by atoms with van der Waals surface area (Å²) in [6.45, 7) is 1.68. The highest BCUT2D eigenvalue weighted by molar-refractivity contribution is 7.96. The minimum absolute atomic E-state index is 0.00878. The summed E-state index contributed by atoms with van der Waals surface area (Å²) in [5, 5.41) is 18.3. The van der Waals surface area contributed by atoms with Crippen molar-refractivity contribution in [2.45, 2.75) is 112 Å². The molecule has 0 aromatic rings. The Morgan fingerprint density at radius 3 is 2.35 bits per heavy atom. The molecule has 5 aliphatic rings. The molecule has 0 aromatic heterocycles. The zero-order valence-electron chi connectivity index (χ0n) is 19.2. The Morgan fingerprint density at radius 2 is 1.71 bits per heavy atom. The monoisotopic (exact) mass is 510 g/mol. The van der Waals surface area contributed by atoms with Gasteiger partial charge in [-0.15, -0.1) is 4.33 Å². The van der Waals surface area contributed by atoms with Crippen LogP contribution in [-0.4, -0.2) is 56.6 Å². The van der Waals surface area contributed by atoms with Gasteiger partial charge < -0.3 is 19.3 Å². The van der Waals surface area contributed by atoms with Gasteiger partial charge in [0.25, 0.3) is 0 Å². The van der Waals surface area contributed by atoms with Gasteiger partial charge in [0.15, 0.2) is 0 Å². The van der Waals surface area contributed by atoms with Gasteiger partial charge in [-0.05, 0) is 57.3 Å². The molecule has 9 nitrogen and oxygen atoms in total. The summed E-state index contributed by atoms with van der Waals surface area (Å²) < 4.78 is 49.0. The van der Waals surface area contributed by atoms with Crippen molar-refractivity contribution < 1.29 is 52.3 Å². The molecule has 4 atom stereocenters. The van der Waals surface area contributed by atoms with Crippen LogP contribution in [0.1, 0.15) is 84.0 Å². The predicted octanol–water partition coefficient (Wildman–Crippen LogP) is 4.07. The molecule has 0 aromatic carbocycles. The number of rotatable bonds is 10. The standard InChI is InChI=1S/C22H32F2O9S/c1-2-19(6-4-3-5-7-19)30-16(25)11-29-20-9-15-8-18(27,12-20)13-21(10-15,14-20)31-17(26)22(23,24)34-33-32-28/h15,27-28H,2-14H2,1H3. The fourth-order valence-corrected chi connectivity index (χ4v) is 7.27. The highest BCUT2D eigenvalue weighted by Gasteiger charge is 2.66. The van der Waals surface area contributed by atoms with Gasteiger partial charge in [0, 0.05) is 19.3 Å². The van der Waals surface area contributed by atoms with Gasteiger partial charge in [-0.1, -0.05) is 18.4 Å². The zero-order chi connectivity index (χ0) is 24.7. The van der Waals surface area contributed by atoms with Gasteiger partial charge in [0.2, 0.25) is 0 Å². The van der Waals surface area contributed by atoms with Crippen LogP contribution in [0, 0.1) is 5.92 Å². The maximum atomic E-state index is 14.0. The third kappa shape index (κ3) is 5.36. The van der Waals surface area contributed by atoms with E-state index in [1.165, 1.54) is 0 Å². The average Bonchev–Trinajstić information content (AvgIpc) is 2.75. The average molecular weight is 511 g/mol. The second-order valence-corrected chi connectivity index (χ2v) is 11.4. The fourth-order valence-electron chi connectivity index (χ4n) is 7.04. The fraction of sp³-hybridized carbons (Fsp3) is 0.909. The van der Waals surface area contributed by atoms with E-state index in [1.807, 2.05) is 6.92 Å². The Bertz CT molecular complexity index is 792. The molecule has 0 spiro atoms. The van der Waals surface area contributed by atoms with Gasteiger partial charge in [-0.25, -0.2) is 14.8 Å². The lowest BCUT2D eigenvalue weighted by Crippen LogP contribution is -2.68. The van der Waals surface area contributed by atoms with Crippen molar-refractivity contribution in [3.05, 3.63) is 0 Å². The molecule has 0 radical (unpaired) electrons. The largest absolute Gasteiger partial charge is 0.457 e. The second-order valence-electron chi connectivity index (χ2n) is 10.6. The number of halogens is 2. The highest BCUT2D eigenvalue weighted by atomic mass is 32.2. The summed E-state index contributed by atoms with van der Waals surface area (Å²) in [7, 11) is 0. The number of carbonyl (C=O) groups is 2. The van der Waals surface area contributed by atoms with Crippen molar-refractivity contribution in [3.8, 4) is 0 Å². The van der Waals surface area contributed by atoms with Crippen LogP contribution in [0.3, 0.4) is 0 Å². The zero-order valence-corrected chi connectivity index (χ0v) is 20.0. The molecule has 0 aliphatic heterocycles. The molecular weight excluding hydrogens is 478 g/mol. The topological polar surface area (TPSA) is 121 Å². The maximum Gasteiger partial charge on any atom is 0.415 e. The molecule has 4 bridgehead atoms. The lowest BCUT2D eigenvalue weighted by atomic mass is 9.50. The van der Waals surface area contributed by atoms with Crippen LogP contribution >= 0.6 is 12.0 Å². The van der Waals surface area contributed by atoms with Crippen molar-refractivity contribution in [1.82, 2.24) is 0 Å². The molecule has 2 N–H and O–H groups in total. The molecule has 194 valence electrons. The first-order valence-electron chi connectivity index (χ1n) is 11.8. The van der Waals surface area contributed by atoms with Crippen LogP contribution in [0.15, 0.2) is 0 Å². The summed E-state index contributed by atoms with van der Waals surface area (Å²) in [6.07, 6.45) is 7.13. The maximum absolute atomic E-state index is 14.0. The number of esters is 2. The molecule has 5 saturated carbocycles. The van der Waals surface area contributed by atoms with Crippen LogP contribution in [0.2, 0.25) is 0 Å². The number of alkyl halides is 2. The van der Waals surface area contributed by atoms with Crippen molar-refractivity contribution in [3.63, 3.8) is 0 Å². The molecule has 5 aliphatic carbocycles. The molecule has 0 amide bonds. The summed E-state index contributed by atoms with van der Waals surface area (Å²) in [5.41, 5.74) is -4.05. The first-order valence-corrected chi connectivity index (χ1v) is 12.6. The van der Waals surface area contributed by atoms with Gasteiger partial charge in [0.05, 0.1) is 11.2 Å². The van der Waals surface area contributed by atoms with Gasteiger partial charge in [-0.2, -0.15) is 8.78 Å². The van der Waals surface area contributed by atoms with Gasteiger partial charge in [-0.3, -0.25) is 0 Å². The van der Waals surface area contributed by atoms with Gasteiger partial charge in [0.1, 0.15) is 29.9 Å². The van der Waals surface area contributed by atoms with Crippen molar-refractivity contribution in [1.29, 1.82) is 0 Å². The molecule has 5 fully saturated rings. The SMILES string of the molecule is CCC1(OC(=O)COC23CC4CC(O)(C2)CC(OC(=O)C(F)(F)SOOO)(C4)C3)CCCCC1. The number of aliphatic hydroxyl groups is 1. The Labute approximate surface area is 200 Å². The number of carbonyl (C=O) groups excluding carboxylic acids is 2. The summed E-state index contributed by atoms with van der Waals surface area (Å²) >= 11 is -0.689. The number of ether oxygens (including phenoxy) is 3. The van der Waals surface area contributed by atoms with Crippen molar-refractivity contribution >= 4 is 24.0 Å². The molecule has 5 rings (SSSR count). The van der Waals surface area contributed by atoms with Crippen LogP contribution in [-0.2, 0) is 33.2 Å². The van der Waals surface area contributed by atoms with E-state index in [2.05, 4.69) is 9.37 Å². The first kappa shape index (κ1) is 26.0. The van der Waals surface area contributed by atoms with Crippen LogP contribution < -0.4 is 0 Å². The van der Waals surface area contributed by atoms with Crippen LogP contribution in [0.25, 0.3) is 0 Å². The smallest absolute Gasteiger partial charge is 0.415 e. The van der Waals surface area contributed by atoms with E-state index >= 15 is 0 Å². The van der Waals surface area contributed by atoms with E-state index in [-0.39, 0.29) is 31.8 Å². The molecule has 0 heterocycles. The quantitative estimate of drug-likeness (QED) is 0.193. The minimum atomic E-state index is -4.14.